The molecule has 1 saturated heterocycles. The van der Waals surface area contributed by atoms with E-state index >= 15 is 0 Å². The fourth-order valence-electron chi connectivity index (χ4n) is 1.67. The van der Waals surface area contributed by atoms with Crippen LogP contribution in [-0.4, -0.2) is 28.8 Å². The number of aromatic amines is 1. The van der Waals surface area contributed by atoms with Gasteiger partial charge in [-0.3, -0.25) is 9.89 Å². The zero-order valence-corrected chi connectivity index (χ0v) is 8.69. The van der Waals surface area contributed by atoms with Crippen molar-refractivity contribution in [3.05, 3.63) is 18.0 Å². The fourth-order valence-corrected chi connectivity index (χ4v) is 1.67. The number of carbonyl (C=O) groups excluding carboxylic acids is 1. The van der Waals surface area contributed by atoms with E-state index in [-0.39, 0.29) is 18.1 Å². The Bertz CT molecular complexity index is 317. The average molecular weight is 209 g/mol. The van der Waals surface area contributed by atoms with Gasteiger partial charge in [-0.25, -0.2) is 0 Å². The van der Waals surface area contributed by atoms with E-state index in [0.717, 1.165) is 18.4 Å². The summed E-state index contributed by atoms with van der Waals surface area (Å²) < 4.78 is 5.30. The van der Waals surface area contributed by atoms with E-state index in [1.807, 2.05) is 6.92 Å². The molecule has 1 aromatic rings. The number of nitrogens with one attached hydrogen (secondary N) is 2. The predicted octanol–water partition coefficient (Wildman–Crippen LogP) is 0.766. The maximum Gasteiger partial charge on any atom is 0.249 e. The number of rotatable bonds is 3. The molecule has 5 heteroatoms. The summed E-state index contributed by atoms with van der Waals surface area (Å²) in [5, 5.41) is 9.46. The Morgan fingerprint density at radius 3 is 3.27 bits per heavy atom. The van der Waals surface area contributed by atoms with E-state index in [1.54, 1.807) is 12.4 Å². The zero-order valence-electron chi connectivity index (χ0n) is 8.69. The summed E-state index contributed by atoms with van der Waals surface area (Å²) in [4.78, 5) is 11.7. The lowest BCUT2D eigenvalue weighted by atomic mass is 10.1. The van der Waals surface area contributed by atoms with Crippen LogP contribution in [-0.2, 0) is 9.53 Å². The Labute approximate surface area is 88.2 Å². The standard InChI is InChI=1S/C10H15N3O2/c1-7(8-5-11-12-6-8)13-10(14)9-3-2-4-15-9/h5-7,9H,2-4H2,1H3,(H,11,12)(H,13,14)/t7?,9-/m1/s1. The van der Waals surface area contributed by atoms with Gasteiger partial charge in [-0.1, -0.05) is 0 Å². The van der Waals surface area contributed by atoms with Crippen LogP contribution in [0.1, 0.15) is 31.4 Å². The molecular weight excluding hydrogens is 194 g/mol. The third kappa shape index (κ3) is 2.36. The molecule has 1 aromatic heterocycles. The van der Waals surface area contributed by atoms with Crippen LogP contribution in [0.5, 0.6) is 0 Å². The number of ether oxygens (including phenoxy) is 1. The van der Waals surface area contributed by atoms with Crippen LogP contribution in [0.2, 0.25) is 0 Å². The highest BCUT2D eigenvalue weighted by Crippen LogP contribution is 2.15. The van der Waals surface area contributed by atoms with E-state index in [9.17, 15) is 4.79 Å². The maximum atomic E-state index is 11.7. The molecular formula is C10H15N3O2. The quantitative estimate of drug-likeness (QED) is 0.772. The topological polar surface area (TPSA) is 67.0 Å². The third-order valence-corrected chi connectivity index (χ3v) is 2.60. The van der Waals surface area contributed by atoms with Gasteiger partial charge in [0.05, 0.1) is 12.2 Å². The van der Waals surface area contributed by atoms with Gasteiger partial charge < -0.3 is 10.1 Å². The zero-order chi connectivity index (χ0) is 10.7. The largest absolute Gasteiger partial charge is 0.368 e. The minimum atomic E-state index is -0.264. The van der Waals surface area contributed by atoms with Crippen molar-refractivity contribution in [3.8, 4) is 0 Å². The number of nitrogens with zero attached hydrogens (tertiary/aromatic N) is 1. The molecule has 2 N–H and O–H groups in total. The molecule has 0 bridgehead atoms. The summed E-state index contributed by atoms with van der Waals surface area (Å²) in [7, 11) is 0. The summed E-state index contributed by atoms with van der Waals surface area (Å²) in [6.45, 7) is 2.62. The van der Waals surface area contributed by atoms with Crippen molar-refractivity contribution in [1.29, 1.82) is 0 Å². The highest BCUT2D eigenvalue weighted by Gasteiger charge is 2.24. The van der Waals surface area contributed by atoms with Gasteiger partial charge in [0.1, 0.15) is 6.10 Å². The lowest BCUT2D eigenvalue weighted by Gasteiger charge is -2.15. The molecule has 0 saturated carbocycles. The van der Waals surface area contributed by atoms with Crippen molar-refractivity contribution in [2.45, 2.75) is 31.9 Å². The molecule has 0 aliphatic carbocycles. The molecule has 1 aliphatic heterocycles. The van der Waals surface area contributed by atoms with Gasteiger partial charge in [0.15, 0.2) is 0 Å². The number of carbonyl (C=O) groups is 1. The van der Waals surface area contributed by atoms with E-state index in [4.69, 9.17) is 4.74 Å². The van der Waals surface area contributed by atoms with Crippen molar-refractivity contribution < 1.29 is 9.53 Å². The first-order chi connectivity index (χ1) is 7.27. The summed E-state index contributed by atoms with van der Waals surface area (Å²) in [5.41, 5.74) is 0.973. The molecule has 2 atom stereocenters. The normalized spacial score (nSPS) is 22.6. The van der Waals surface area contributed by atoms with E-state index in [2.05, 4.69) is 15.5 Å². The molecule has 1 amide bonds. The second-order valence-electron chi connectivity index (χ2n) is 3.76. The summed E-state index contributed by atoms with van der Waals surface area (Å²) >= 11 is 0. The first-order valence-electron chi connectivity index (χ1n) is 5.18. The van der Waals surface area contributed by atoms with Crippen LogP contribution in [0.4, 0.5) is 0 Å². The van der Waals surface area contributed by atoms with Crippen LogP contribution in [0.15, 0.2) is 12.4 Å². The number of hydrogen-bond acceptors (Lipinski definition) is 3. The third-order valence-electron chi connectivity index (χ3n) is 2.60. The van der Waals surface area contributed by atoms with Crippen molar-refractivity contribution in [1.82, 2.24) is 15.5 Å². The smallest absolute Gasteiger partial charge is 0.249 e. The lowest BCUT2D eigenvalue weighted by molar-refractivity contribution is -0.130. The molecule has 1 aliphatic rings. The second kappa shape index (κ2) is 4.44. The first kappa shape index (κ1) is 10.2. The van der Waals surface area contributed by atoms with Crippen LogP contribution in [0.25, 0.3) is 0 Å². The SMILES string of the molecule is CC(NC(=O)[C@H]1CCCO1)c1cn[nH]c1. The average Bonchev–Trinajstić information content (AvgIpc) is 2.91. The number of hydrogen-bond donors (Lipinski definition) is 2. The van der Waals surface area contributed by atoms with Gasteiger partial charge in [0.25, 0.3) is 0 Å². The molecule has 1 unspecified atom stereocenters. The van der Waals surface area contributed by atoms with Crippen molar-refractivity contribution in [3.63, 3.8) is 0 Å². The lowest BCUT2D eigenvalue weighted by Crippen LogP contribution is -2.35. The van der Waals surface area contributed by atoms with Gasteiger partial charge in [0, 0.05) is 18.4 Å². The number of amides is 1. The Kier molecular flexibility index (Phi) is 3.01. The Hall–Kier alpha value is -1.36. The number of aromatic nitrogens is 2. The Morgan fingerprint density at radius 2 is 2.67 bits per heavy atom. The van der Waals surface area contributed by atoms with E-state index in [1.165, 1.54) is 0 Å². The van der Waals surface area contributed by atoms with Gasteiger partial charge >= 0.3 is 0 Å². The molecule has 5 nitrogen and oxygen atoms in total. The Morgan fingerprint density at radius 1 is 1.80 bits per heavy atom. The molecule has 2 rings (SSSR count). The molecule has 0 radical (unpaired) electrons. The van der Waals surface area contributed by atoms with Gasteiger partial charge in [-0.15, -0.1) is 0 Å². The first-order valence-corrected chi connectivity index (χ1v) is 5.18. The summed E-state index contributed by atoms with van der Waals surface area (Å²) in [6.07, 6.45) is 5.02. The van der Waals surface area contributed by atoms with Crippen molar-refractivity contribution >= 4 is 5.91 Å². The van der Waals surface area contributed by atoms with E-state index in [0.29, 0.717) is 6.61 Å². The van der Waals surface area contributed by atoms with Crippen molar-refractivity contribution in [2.24, 2.45) is 0 Å². The molecule has 0 aromatic carbocycles. The van der Waals surface area contributed by atoms with Gasteiger partial charge in [-0.2, -0.15) is 5.10 Å². The highest BCUT2D eigenvalue weighted by molar-refractivity contribution is 5.81. The van der Waals surface area contributed by atoms with Crippen LogP contribution < -0.4 is 5.32 Å². The van der Waals surface area contributed by atoms with Gasteiger partial charge in [-0.05, 0) is 19.8 Å². The Balaban J connectivity index is 1.88. The monoisotopic (exact) mass is 209 g/mol. The molecule has 0 spiro atoms. The van der Waals surface area contributed by atoms with Gasteiger partial charge in [0.2, 0.25) is 5.91 Å². The van der Waals surface area contributed by atoms with Crippen molar-refractivity contribution in [2.75, 3.05) is 6.61 Å². The second-order valence-corrected chi connectivity index (χ2v) is 3.76. The van der Waals surface area contributed by atoms with Crippen LogP contribution >= 0.6 is 0 Å². The molecule has 2 heterocycles. The molecule has 15 heavy (non-hydrogen) atoms. The summed E-state index contributed by atoms with van der Waals surface area (Å²) in [5.74, 6) is -0.0267. The summed E-state index contributed by atoms with van der Waals surface area (Å²) in [6, 6.07) is -0.0274. The predicted molar refractivity (Wildman–Crippen MR) is 54.1 cm³/mol. The fraction of sp³-hybridized carbons (Fsp3) is 0.600. The molecule has 82 valence electrons. The minimum Gasteiger partial charge on any atom is -0.368 e. The van der Waals surface area contributed by atoms with Crippen LogP contribution in [0.3, 0.4) is 0 Å². The highest BCUT2D eigenvalue weighted by atomic mass is 16.5. The molecule has 1 fully saturated rings. The maximum absolute atomic E-state index is 11.7. The minimum absolute atomic E-state index is 0.0267. The number of H-pyrrole nitrogens is 1. The van der Waals surface area contributed by atoms with E-state index < -0.39 is 0 Å². The van der Waals surface area contributed by atoms with Crippen LogP contribution in [0, 0.1) is 0 Å².